The number of carbonyl (C=O) groups is 1. The molecule has 0 saturated carbocycles. The van der Waals surface area contributed by atoms with Gasteiger partial charge in [-0.3, -0.25) is 4.79 Å². The number of amides is 1. The van der Waals surface area contributed by atoms with Crippen LogP contribution in [0.4, 0.5) is 5.69 Å². The van der Waals surface area contributed by atoms with Crippen molar-refractivity contribution in [2.75, 3.05) is 5.32 Å². The highest BCUT2D eigenvalue weighted by atomic mass is 79.9. The molecule has 5 heteroatoms. The van der Waals surface area contributed by atoms with Gasteiger partial charge in [-0.2, -0.15) is 0 Å². The number of aromatic nitrogens is 1. The number of aromatic hydroxyl groups is 1. The van der Waals surface area contributed by atoms with Gasteiger partial charge < -0.3 is 10.4 Å². The van der Waals surface area contributed by atoms with Crippen molar-refractivity contribution in [2.24, 2.45) is 0 Å². The molecule has 1 amide bonds. The average Bonchev–Trinajstić information content (AvgIpc) is 2.33. The molecule has 0 radical (unpaired) electrons. The van der Waals surface area contributed by atoms with Crippen molar-refractivity contribution in [3.63, 3.8) is 0 Å². The van der Waals surface area contributed by atoms with Crippen molar-refractivity contribution in [3.05, 3.63) is 52.8 Å². The van der Waals surface area contributed by atoms with Crippen molar-refractivity contribution in [1.29, 1.82) is 0 Å². The van der Waals surface area contributed by atoms with Crippen LogP contribution in [0.3, 0.4) is 0 Å². The lowest BCUT2D eigenvalue weighted by atomic mass is 10.2. The molecule has 0 aliphatic heterocycles. The first-order valence-corrected chi connectivity index (χ1v) is 5.67. The van der Waals surface area contributed by atoms with Gasteiger partial charge in [0.15, 0.2) is 0 Å². The van der Waals surface area contributed by atoms with E-state index in [1.807, 2.05) is 0 Å². The molecular weight excluding hydrogens is 284 g/mol. The first-order chi connectivity index (χ1) is 8.16. The van der Waals surface area contributed by atoms with E-state index in [4.69, 9.17) is 0 Å². The number of nitrogens with zero attached hydrogens (tertiary/aromatic N) is 1. The second-order valence-electron chi connectivity index (χ2n) is 3.34. The number of halogens is 1. The smallest absolute Gasteiger partial charge is 0.257 e. The molecule has 1 aromatic heterocycles. The van der Waals surface area contributed by atoms with Crippen molar-refractivity contribution >= 4 is 27.5 Å². The minimum Gasteiger partial charge on any atom is -0.506 e. The molecule has 0 atom stereocenters. The summed E-state index contributed by atoms with van der Waals surface area (Å²) in [7, 11) is 0. The number of para-hydroxylation sites is 2. The molecule has 1 heterocycles. The molecule has 2 aromatic rings. The van der Waals surface area contributed by atoms with E-state index in [-0.39, 0.29) is 11.7 Å². The summed E-state index contributed by atoms with van der Waals surface area (Å²) in [5.41, 5.74) is 0.803. The molecule has 0 aliphatic rings. The Hall–Kier alpha value is -1.88. The molecule has 86 valence electrons. The van der Waals surface area contributed by atoms with Gasteiger partial charge in [-0.1, -0.05) is 12.1 Å². The van der Waals surface area contributed by atoms with Crippen LogP contribution in [0.5, 0.6) is 5.75 Å². The molecule has 1 aromatic carbocycles. The molecular formula is C12H9BrN2O2. The lowest BCUT2D eigenvalue weighted by molar-refractivity contribution is 0.102. The van der Waals surface area contributed by atoms with Crippen LogP contribution in [0.1, 0.15) is 10.4 Å². The van der Waals surface area contributed by atoms with Crippen molar-refractivity contribution < 1.29 is 9.90 Å². The number of hydrogen-bond donors (Lipinski definition) is 2. The molecule has 4 nitrogen and oxygen atoms in total. The van der Waals surface area contributed by atoms with Crippen LogP contribution in [-0.4, -0.2) is 16.0 Å². The van der Waals surface area contributed by atoms with Crippen molar-refractivity contribution in [2.45, 2.75) is 0 Å². The van der Waals surface area contributed by atoms with Crippen LogP contribution >= 0.6 is 15.9 Å². The Balaban J connectivity index is 2.17. The second kappa shape index (κ2) is 4.97. The van der Waals surface area contributed by atoms with Crippen LogP contribution in [0.15, 0.2) is 47.2 Å². The number of phenols is 1. The Morgan fingerprint density at radius 3 is 2.65 bits per heavy atom. The highest BCUT2D eigenvalue weighted by molar-refractivity contribution is 9.10. The van der Waals surface area contributed by atoms with Crippen molar-refractivity contribution in [3.8, 4) is 5.75 Å². The molecule has 0 unspecified atom stereocenters. The topological polar surface area (TPSA) is 62.2 Å². The van der Waals surface area contributed by atoms with Crippen LogP contribution in [0.2, 0.25) is 0 Å². The Morgan fingerprint density at radius 2 is 2.00 bits per heavy atom. The lowest BCUT2D eigenvalue weighted by Gasteiger charge is -2.06. The minimum atomic E-state index is -0.313. The molecule has 0 aliphatic carbocycles. The minimum absolute atomic E-state index is 0.0333. The Morgan fingerprint density at radius 1 is 1.24 bits per heavy atom. The summed E-state index contributed by atoms with van der Waals surface area (Å²) >= 11 is 3.19. The van der Waals surface area contributed by atoms with Gasteiger partial charge >= 0.3 is 0 Å². The van der Waals surface area contributed by atoms with Crippen LogP contribution in [-0.2, 0) is 0 Å². The summed E-state index contributed by atoms with van der Waals surface area (Å²) < 4.78 is 0.664. The van der Waals surface area contributed by atoms with Crippen LogP contribution < -0.4 is 5.32 Å². The number of pyridine rings is 1. The van der Waals surface area contributed by atoms with Crippen LogP contribution in [0.25, 0.3) is 0 Å². The zero-order valence-electron chi connectivity index (χ0n) is 8.72. The van der Waals surface area contributed by atoms with E-state index in [1.54, 1.807) is 30.3 Å². The normalized spacial score (nSPS) is 9.94. The van der Waals surface area contributed by atoms with Gasteiger partial charge in [0.1, 0.15) is 10.4 Å². The third-order valence-electron chi connectivity index (χ3n) is 2.14. The number of carbonyl (C=O) groups excluding carboxylic acids is 1. The SMILES string of the molecule is O=C(Nc1ccccc1O)c1ccc(Br)nc1. The fourth-order valence-electron chi connectivity index (χ4n) is 1.28. The molecule has 2 rings (SSSR count). The zero-order valence-corrected chi connectivity index (χ0v) is 10.3. The van der Waals surface area contributed by atoms with E-state index in [0.29, 0.717) is 15.9 Å². The highest BCUT2D eigenvalue weighted by Crippen LogP contribution is 2.22. The maximum absolute atomic E-state index is 11.8. The molecule has 0 bridgehead atoms. The number of rotatable bonds is 2. The Bertz CT molecular complexity index is 540. The van der Waals surface area contributed by atoms with E-state index in [2.05, 4.69) is 26.2 Å². The zero-order chi connectivity index (χ0) is 12.3. The standard InChI is InChI=1S/C12H9BrN2O2/c13-11-6-5-8(7-14-11)12(17)15-9-3-1-2-4-10(9)16/h1-7,16H,(H,15,17). The van der Waals surface area contributed by atoms with Crippen LogP contribution in [0, 0.1) is 0 Å². The molecule has 2 N–H and O–H groups in total. The van der Waals surface area contributed by atoms with E-state index in [0.717, 1.165) is 0 Å². The fourth-order valence-corrected chi connectivity index (χ4v) is 1.52. The summed E-state index contributed by atoms with van der Waals surface area (Å²) in [6, 6.07) is 9.88. The van der Waals surface area contributed by atoms with Gasteiger partial charge in [0.05, 0.1) is 11.3 Å². The third-order valence-corrected chi connectivity index (χ3v) is 2.61. The number of benzene rings is 1. The summed E-state index contributed by atoms with van der Waals surface area (Å²) in [6.07, 6.45) is 1.46. The third kappa shape index (κ3) is 2.82. The maximum Gasteiger partial charge on any atom is 0.257 e. The van der Waals surface area contributed by atoms with Gasteiger partial charge in [-0.05, 0) is 40.2 Å². The molecule has 0 saturated heterocycles. The van der Waals surface area contributed by atoms with Gasteiger partial charge in [0, 0.05) is 6.20 Å². The van der Waals surface area contributed by atoms with E-state index < -0.39 is 0 Å². The van der Waals surface area contributed by atoms with E-state index >= 15 is 0 Å². The largest absolute Gasteiger partial charge is 0.506 e. The quantitative estimate of drug-likeness (QED) is 0.661. The first kappa shape index (κ1) is 11.6. The summed E-state index contributed by atoms with van der Waals surface area (Å²) in [6.45, 7) is 0. The first-order valence-electron chi connectivity index (χ1n) is 4.88. The highest BCUT2D eigenvalue weighted by Gasteiger charge is 2.08. The summed E-state index contributed by atoms with van der Waals surface area (Å²) in [4.78, 5) is 15.8. The van der Waals surface area contributed by atoms with Gasteiger partial charge in [0.25, 0.3) is 5.91 Å². The molecule has 0 fully saturated rings. The van der Waals surface area contributed by atoms with Crippen molar-refractivity contribution in [1.82, 2.24) is 4.98 Å². The van der Waals surface area contributed by atoms with E-state index in [9.17, 15) is 9.90 Å². The summed E-state index contributed by atoms with van der Waals surface area (Å²) in [5.74, 6) is -0.280. The Labute approximate surface area is 106 Å². The van der Waals surface area contributed by atoms with E-state index in [1.165, 1.54) is 12.3 Å². The second-order valence-corrected chi connectivity index (χ2v) is 4.15. The fraction of sp³-hybridized carbons (Fsp3) is 0. The summed E-state index contributed by atoms with van der Waals surface area (Å²) in [5, 5.41) is 12.1. The molecule has 0 spiro atoms. The average molecular weight is 293 g/mol. The number of nitrogens with one attached hydrogen (secondary N) is 1. The maximum atomic E-state index is 11.8. The van der Waals surface area contributed by atoms with Gasteiger partial charge in [0.2, 0.25) is 0 Å². The predicted octanol–water partition coefficient (Wildman–Crippen LogP) is 2.80. The number of phenolic OH excluding ortho intramolecular Hbond substituents is 1. The molecule has 17 heavy (non-hydrogen) atoms. The Kier molecular flexibility index (Phi) is 3.39. The predicted molar refractivity (Wildman–Crippen MR) is 68.0 cm³/mol. The number of anilines is 1. The monoisotopic (exact) mass is 292 g/mol. The van der Waals surface area contributed by atoms with Gasteiger partial charge in [-0.25, -0.2) is 4.98 Å². The van der Waals surface area contributed by atoms with Gasteiger partial charge in [-0.15, -0.1) is 0 Å². The number of hydrogen-bond acceptors (Lipinski definition) is 3. The lowest BCUT2D eigenvalue weighted by Crippen LogP contribution is -2.12.